The number of thiazole rings is 1. The summed E-state index contributed by atoms with van der Waals surface area (Å²) in [4.78, 5) is 15.8. The Morgan fingerprint density at radius 3 is 2.50 bits per heavy atom. The van der Waals surface area contributed by atoms with Gasteiger partial charge >= 0.3 is 0 Å². The van der Waals surface area contributed by atoms with Gasteiger partial charge < -0.3 is 25.2 Å². The number of ketones is 1. The number of ether oxygens (including phenoxy) is 1. The molecule has 0 saturated carbocycles. The van der Waals surface area contributed by atoms with Crippen molar-refractivity contribution in [3.63, 3.8) is 0 Å². The van der Waals surface area contributed by atoms with Crippen molar-refractivity contribution in [2.75, 3.05) is 6.61 Å². The molecule has 1 aliphatic rings. The Hall–Kier alpha value is -0.900. The summed E-state index contributed by atoms with van der Waals surface area (Å²) in [5, 5.41) is 38.9. The number of hydrogen-bond acceptors (Lipinski definition) is 8. The van der Waals surface area contributed by atoms with Crippen LogP contribution in [0.2, 0.25) is 0 Å². The quantitative estimate of drug-likeness (QED) is 0.512. The topological polar surface area (TPSA) is 120 Å². The standard InChI is InChI=1S/C12H17NO6S/c1-5(15)8-3-13-9(20-8)2-6-10(16)12(18)11(17)7(4-14)19-6/h3,6-7,10-12,14,16-18H,2,4H2,1H3/t6-,7?,10?,11-,12?/m1/s1. The highest BCUT2D eigenvalue weighted by atomic mass is 32.1. The third kappa shape index (κ3) is 3.05. The Bertz CT molecular complexity index is 476. The molecule has 112 valence electrons. The number of rotatable bonds is 4. The molecule has 0 aliphatic carbocycles. The van der Waals surface area contributed by atoms with Crippen molar-refractivity contribution in [2.45, 2.75) is 43.9 Å². The second kappa shape index (κ2) is 6.25. The van der Waals surface area contributed by atoms with Crippen LogP contribution in [0.1, 0.15) is 21.6 Å². The predicted octanol–water partition coefficient (Wildman–Crippen LogP) is -1.27. The van der Waals surface area contributed by atoms with E-state index in [4.69, 9.17) is 9.84 Å². The van der Waals surface area contributed by atoms with E-state index in [1.807, 2.05) is 0 Å². The zero-order chi connectivity index (χ0) is 14.9. The van der Waals surface area contributed by atoms with Gasteiger partial charge in [-0.2, -0.15) is 0 Å². The van der Waals surface area contributed by atoms with Crippen LogP contribution < -0.4 is 0 Å². The van der Waals surface area contributed by atoms with Gasteiger partial charge in [0.05, 0.1) is 22.6 Å². The highest BCUT2D eigenvalue weighted by Crippen LogP contribution is 2.25. The monoisotopic (exact) mass is 303 g/mol. The molecule has 20 heavy (non-hydrogen) atoms. The van der Waals surface area contributed by atoms with E-state index in [1.54, 1.807) is 0 Å². The molecule has 0 radical (unpaired) electrons. The van der Waals surface area contributed by atoms with Crippen molar-refractivity contribution in [1.29, 1.82) is 0 Å². The number of aromatic nitrogens is 1. The van der Waals surface area contributed by atoms with Gasteiger partial charge in [-0.15, -0.1) is 11.3 Å². The number of carbonyl (C=O) groups excluding carboxylic acids is 1. The van der Waals surface area contributed by atoms with Gasteiger partial charge in [-0.05, 0) is 0 Å². The van der Waals surface area contributed by atoms with Crippen LogP contribution in [0, 0.1) is 0 Å². The Balaban J connectivity index is 2.08. The minimum absolute atomic E-state index is 0.0949. The van der Waals surface area contributed by atoms with Gasteiger partial charge in [0.15, 0.2) is 5.78 Å². The predicted molar refractivity (Wildman–Crippen MR) is 69.6 cm³/mol. The molecule has 1 aromatic rings. The number of carbonyl (C=O) groups is 1. The van der Waals surface area contributed by atoms with Crippen molar-refractivity contribution >= 4 is 17.1 Å². The van der Waals surface area contributed by atoms with Gasteiger partial charge in [-0.1, -0.05) is 0 Å². The molecule has 1 aromatic heterocycles. The first kappa shape index (κ1) is 15.5. The summed E-state index contributed by atoms with van der Waals surface area (Å²) in [5.41, 5.74) is 0. The molecule has 1 fully saturated rings. The van der Waals surface area contributed by atoms with E-state index in [9.17, 15) is 20.1 Å². The molecule has 7 nitrogen and oxygen atoms in total. The van der Waals surface area contributed by atoms with Crippen molar-refractivity contribution < 1.29 is 30.0 Å². The van der Waals surface area contributed by atoms with Crippen LogP contribution in [0.25, 0.3) is 0 Å². The number of aliphatic hydroxyl groups is 4. The molecule has 5 atom stereocenters. The number of nitrogens with zero attached hydrogens (tertiary/aromatic N) is 1. The maximum Gasteiger partial charge on any atom is 0.171 e. The van der Waals surface area contributed by atoms with E-state index in [2.05, 4.69) is 4.98 Å². The van der Waals surface area contributed by atoms with Gasteiger partial charge in [0.25, 0.3) is 0 Å². The van der Waals surface area contributed by atoms with Crippen LogP contribution in [0.4, 0.5) is 0 Å². The smallest absolute Gasteiger partial charge is 0.171 e. The average Bonchev–Trinajstić information content (AvgIpc) is 2.88. The molecular formula is C12H17NO6S. The maximum absolute atomic E-state index is 11.2. The third-order valence-corrected chi connectivity index (χ3v) is 4.39. The largest absolute Gasteiger partial charge is 0.394 e. The molecule has 2 heterocycles. The van der Waals surface area contributed by atoms with Crippen molar-refractivity contribution in [2.24, 2.45) is 0 Å². The first-order valence-corrected chi connectivity index (χ1v) is 7.01. The second-order valence-electron chi connectivity index (χ2n) is 4.75. The fourth-order valence-electron chi connectivity index (χ4n) is 2.09. The zero-order valence-corrected chi connectivity index (χ0v) is 11.7. The molecule has 4 N–H and O–H groups in total. The minimum Gasteiger partial charge on any atom is -0.394 e. The Labute approximate surface area is 119 Å². The first-order chi connectivity index (χ1) is 9.43. The summed E-state index contributed by atoms with van der Waals surface area (Å²) in [6, 6.07) is 0. The van der Waals surface area contributed by atoms with Crippen LogP contribution in [-0.4, -0.2) is 68.3 Å². The lowest BCUT2D eigenvalue weighted by Crippen LogP contribution is -2.58. The summed E-state index contributed by atoms with van der Waals surface area (Å²) in [6.45, 7) is 0.975. The fourth-order valence-corrected chi connectivity index (χ4v) is 2.94. The maximum atomic E-state index is 11.2. The van der Waals surface area contributed by atoms with Crippen molar-refractivity contribution in [1.82, 2.24) is 4.98 Å². The van der Waals surface area contributed by atoms with Crippen molar-refractivity contribution in [3.8, 4) is 0 Å². The van der Waals surface area contributed by atoms with Crippen LogP contribution in [0.3, 0.4) is 0 Å². The minimum atomic E-state index is -1.39. The molecule has 0 spiro atoms. The first-order valence-electron chi connectivity index (χ1n) is 6.20. The Kier molecular flexibility index (Phi) is 4.84. The van der Waals surface area contributed by atoms with Crippen LogP contribution in [-0.2, 0) is 11.2 Å². The molecule has 8 heteroatoms. The van der Waals surface area contributed by atoms with Gasteiger partial charge in [0.1, 0.15) is 24.4 Å². The summed E-state index contributed by atoms with van der Waals surface area (Å²) in [7, 11) is 0. The molecule has 0 aromatic carbocycles. The lowest BCUT2D eigenvalue weighted by atomic mass is 9.94. The van der Waals surface area contributed by atoms with Gasteiger partial charge in [-0.25, -0.2) is 4.98 Å². The van der Waals surface area contributed by atoms with E-state index in [0.717, 1.165) is 0 Å². The fraction of sp³-hybridized carbons (Fsp3) is 0.667. The van der Waals surface area contributed by atoms with Crippen LogP contribution in [0.15, 0.2) is 6.20 Å². The number of Topliss-reactive ketones (excluding diaryl/α,β-unsaturated/α-hetero) is 1. The zero-order valence-electron chi connectivity index (χ0n) is 10.8. The van der Waals surface area contributed by atoms with E-state index >= 15 is 0 Å². The number of aliphatic hydroxyl groups excluding tert-OH is 4. The Morgan fingerprint density at radius 1 is 1.30 bits per heavy atom. The summed E-state index contributed by atoms with van der Waals surface area (Å²) < 4.78 is 5.38. The third-order valence-electron chi connectivity index (χ3n) is 3.27. The molecule has 1 saturated heterocycles. The lowest BCUT2D eigenvalue weighted by molar-refractivity contribution is -0.228. The molecule has 0 amide bonds. The second-order valence-corrected chi connectivity index (χ2v) is 5.86. The Morgan fingerprint density at radius 2 is 1.95 bits per heavy atom. The highest BCUT2D eigenvalue weighted by Gasteiger charge is 2.43. The average molecular weight is 303 g/mol. The van der Waals surface area contributed by atoms with E-state index in [-0.39, 0.29) is 12.2 Å². The van der Waals surface area contributed by atoms with Gasteiger partial charge in [0, 0.05) is 19.5 Å². The highest BCUT2D eigenvalue weighted by molar-refractivity contribution is 7.13. The molecule has 2 rings (SSSR count). The lowest BCUT2D eigenvalue weighted by Gasteiger charge is -2.39. The normalized spacial score (nSPS) is 34.1. The molecule has 3 unspecified atom stereocenters. The molecular weight excluding hydrogens is 286 g/mol. The SMILES string of the molecule is CC(=O)c1cnc(C[C@H]2OC(CO)[C@@H](O)C(O)C2O)s1. The van der Waals surface area contributed by atoms with Gasteiger partial charge in [-0.3, -0.25) is 4.79 Å². The van der Waals surface area contributed by atoms with Gasteiger partial charge in [0.2, 0.25) is 0 Å². The van der Waals surface area contributed by atoms with Crippen LogP contribution in [0.5, 0.6) is 0 Å². The summed E-state index contributed by atoms with van der Waals surface area (Å²) in [5.74, 6) is -0.0949. The molecule has 0 bridgehead atoms. The molecule has 1 aliphatic heterocycles. The summed E-state index contributed by atoms with van der Waals surface area (Å²) >= 11 is 1.19. The van der Waals surface area contributed by atoms with Crippen molar-refractivity contribution in [3.05, 3.63) is 16.1 Å². The summed E-state index contributed by atoms with van der Waals surface area (Å²) in [6.07, 6.45) is -4.11. The van der Waals surface area contributed by atoms with E-state index in [0.29, 0.717) is 9.88 Å². The number of hydrogen-bond donors (Lipinski definition) is 4. The van der Waals surface area contributed by atoms with Crippen LogP contribution >= 0.6 is 11.3 Å². The van der Waals surface area contributed by atoms with E-state index < -0.39 is 37.1 Å². The van der Waals surface area contributed by atoms with E-state index in [1.165, 1.54) is 24.5 Å².